The number of esters is 1. The van der Waals surface area contributed by atoms with Crippen LogP contribution in [0.2, 0.25) is 0 Å². The van der Waals surface area contributed by atoms with Crippen molar-refractivity contribution in [3.05, 3.63) is 51.7 Å². The molecular weight excluding hydrogens is 345 g/mol. The number of allylic oxidation sites excluding steroid dienone is 2. The Labute approximate surface area is 139 Å². The molecule has 0 unspecified atom stereocenters. The minimum atomic E-state index is -4.81. The van der Waals surface area contributed by atoms with Crippen molar-refractivity contribution in [2.24, 2.45) is 5.92 Å². The van der Waals surface area contributed by atoms with E-state index in [4.69, 9.17) is 4.74 Å². The second-order valence-electron chi connectivity index (χ2n) is 5.17. The number of nitrogens with one attached hydrogen (secondary N) is 1. The zero-order valence-electron chi connectivity index (χ0n) is 12.9. The second kappa shape index (κ2) is 6.91. The zero-order valence-corrected chi connectivity index (χ0v) is 12.9. The topological polar surface area (TPSA) is 98.5 Å². The number of halogens is 3. The highest BCUT2D eigenvalue weighted by molar-refractivity contribution is 6.01. The largest absolute Gasteiger partial charge is 0.465 e. The molecule has 7 nitrogen and oxygen atoms in total. The van der Waals surface area contributed by atoms with Crippen molar-refractivity contribution >= 4 is 17.6 Å². The lowest BCUT2D eigenvalue weighted by molar-refractivity contribution is -0.384. The first-order chi connectivity index (χ1) is 11.6. The number of carbonyl (C=O) groups excluding carboxylic acids is 2. The molecule has 10 heteroatoms. The quantitative estimate of drug-likeness (QED) is 0.386. The molecular formula is C15H13F3N2O5. The van der Waals surface area contributed by atoms with E-state index in [0.717, 1.165) is 12.1 Å². The van der Waals surface area contributed by atoms with Gasteiger partial charge in [-0.25, -0.2) is 0 Å². The van der Waals surface area contributed by atoms with Gasteiger partial charge in [-0.3, -0.25) is 19.7 Å². The van der Waals surface area contributed by atoms with E-state index in [-0.39, 0.29) is 17.9 Å². The van der Waals surface area contributed by atoms with Gasteiger partial charge in [-0.2, -0.15) is 13.2 Å². The maximum atomic E-state index is 13.0. The van der Waals surface area contributed by atoms with E-state index in [9.17, 15) is 32.9 Å². The third-order valence-corrected chi connectivity index (χ3v) is 3.58. The molecule has 0 bridgehead atoms. The Balaban J connectivity index is 2.49. The van der Waals surface area contributed by atoms with Crippen LogP contribution in [0.1, 0.15) is 18.4 Å². The van der Waals surface area contributed by atoms with Gasteiger partial charge in [-0.1, -0.05) is 12.1 Å². The molecule has 0 spiro atoms. The number of nitrogens with zero attached hydrogens (tertiary/aromatic N) is 1. The highest BCUT2D eigenvalue weighted by Gasteiger charge is 2.46. The molecule has 0 aromatic heterocycles. The Morgan fingerprint density at radius 1 is 1.32 bits per heavy atom. The van der Waals surface area contributed by atoms with Crippen molar-refractivity contribution in [3.63, 3.8) is 0 Å². The van der Waals surface area contributed by atoms with Crippen molar-refractivity contribution in [1.29, 1.82) is 0 Å². The molecule has 2 rings (SSSR count). The van der Waals surface area contributed by atoms with Gasteiger partial charge in [0.15, 0.2) is 0 Å². The number of amides is 1. The first-order valence-electron chi connectivity index (χ1n) is 7.16. The molecule has 0 radical (unpaired) electrons. The molecule has 0 saturated heterocycles. The maximum absolute atomic E-state index is 13.0. The van der Waals surface area contributed by atoms with E-state index in [1.54, 1.807) is 5.32 Å². The zero-order chi connectivity index (χ0) is 18.8. The minimum Gasteiger partial charge on any atom is -0.465 e. The van der Waals surface area contributed by atoms with Crippen molar-refractivity contribution < 1.29 is 32.4 Å². The summed E-state index contributed by atoms with van der Waals surface area (Å²) in [7, 11) is 0. The van der Waals surface area contributed by atoms with Gasteiger partial charge in [0.05, 0.1) is 11.5 Å². The molecule has 0 aliphatic carbocycles. The molecule has 0 saturated carbocycles. The number of benzene rings is 1. The number of nitro benzene ring substituents is 1. The summed E-state index contributed by atoms with van der Waals surface area (Å²) in [5.41, 5.74) is -1.40. The summed E-state index contributed by atoms with van der Waals surface area (Å²) in [6, 6.07) is 4.59. The van der Waals surface area contributed by atoms with E-state index in [1.807, 2.05) is 0 Å². The minimum absolute atomic E-state index is 0.0502. The summed E-state index contributed by atoms with van der Waals surface area (Å²) >= 11 is 0. The van der Waals surface area contributed by atoms with Crippen LogP contribution in [0.15, 0.2) is 36.0 Å². The van der Waals surface area contributed by atoms with E-state index < -0.39 is 40.5 Å². The van der Waals surface area contributed by atoms with Crippen LogP contribution >= 0.6 is 0 Å². The van der Waals surface area contributed by atoms with Crippen molar-refractivity contribution in [1.82, 2.24) is 5.32 Å². The normalized spacial score (nSPS) is 20.5. The van der Waals surface area contributed by atoms with Crippen LogP contribution in [-0.2, 0) is 14.3 Å². The van der Waals surface area contributed by atoms with E-state index in [2.05, 4.69) is 0 Å². The molecule has 1 aromatic carbocycles. The van der Waals surface area contributed by atoms with E-state index in [1.165, 1.54) is 19.1 Å². The third-order valence-electron chi connectivity index (χ3n) is 3.58. The fourth-order valence-electron chi connectivity index (χ4n) is 2.45. The molecule has 25 heavy (non-hydrogen) atoms. The number of hydrogen-bond acceptors (Lipinski definition) is 5. The van der Waals surface area contributed by atoms with Gasteiger partial charge in [0, 0.05) is 18.1 Å². The van der Waals surface area contributed by atoms with Crippen LogP contribution in [0.25, 0.3) is 0 Å². The number of non-ortho nitro benzene ring substituents is 1. The highest BCUT2D eigenvalue weighted by atomic mass is 19.4. The van der Waals surface area contributed by atoms with Gasteiger partial charge in [-0.15, -0.1) is 0 Å². The average Bonchev–Trinajstić information content (AvgIpc) is 2.53. The van der Waals surface area contributed by atoms with Crippen LogP contribution in [0.5, 0.6) is 0 Å². The van der Waals surface area contributed by atoms with Crippen LogP contribution in [0, 0.1) is 16.0 Å². The first kappa shape index (κ1) is 18.4. The summed E-state index contributed by atoms with van der Waals surface area (Å²) < 4.78 is 43.7. The summed E-state index contributed by atoms with van der Waals surface area (Å²) in [6.07, 6.45) is -4.10. The van der Waals surface area contributed by atoms with Crippen LogP contribution < -0.4 is 5.32 Å². The van der Waals surface area contributed by atoms with Crippen LogP contribution in [0.3, 0.4) is 0 Å². The number of alkyl halides is 3. The highest BCUT2D eigenvalue weighted by Crippen LogP contribution is 2.37. The Bertz CT molecular complexity index is 728. The molecule has 1 aliphatic rings. The van der Waals surface area contributed by atoms with Gasteiger partial charge in [0.2, 0.25) is 5.91 Å². The van der Waals surface area contributed by atoms with Gasteiger partial charge in [-0.05, 0) is 18.6 Å². The van der Waals surface area contributed by atoms with Crippen molar-refractivity contribution in [2.45, 2.75) is 19.0 Å². The predicted molar refractivity (Wildman–Crippen MR) is 78.2 cm³/mol. The molecule has 0 fully saturated rings. The van der Waals surface area contributed by atoms with Gasteiger partial charge in [0.25, 0.3) is 5.69 Å². The lowest BCUT2D eigenvalue weighted by atomic mass is 9.82. The SMILES string of the molecule is CCOC(=O)[C@@H]1C(=O)NC(C(F)(F)F)=C[C@H]1c1ccc([N+](=O)[O-])cc1. The standard InChI is InChI=1S/C15H13F3N2O5/c1-2-25-14(22)12-10(7-11(15(16,17)18)19-13(12)21)8-3-5-9(6-4-8)20(23)24/h3-7,10,12H,2H2,1H3,(H,19,21)/t10-,12-/m0/s1. The molecule has 1 aromatic rings. The average molecular weight is 358 g/mol. The summed E-state index contributed by atoms with van der Waals surface area (Å²) in [5.74, 6) is -4.89. The van der Waals surface area contributed by atoms with E-state index in [0.29, 0.717) is 6.08 Å². The monoisotopic (exact) mass is 358 g/mol. The Morgan fingerprint density at radius 2 is 1.92 bits per heavy atom. The van der Waals surface area contributed by atoms with Crippen molar-refractivity contribution in [3.8, 4) is 0 Å². The molecule has 134 valence electrons. The molecule has 1 N–H and O–H groups in total. The predicted octanol–water partition coefficient (Wildman–Crippen LogP) is 2.43. The Hall–Kier alpha value is -2.91. The smallest absolute Gasteiger partial charge is 0.431 e. The molecule has 1 heterocycles. The number of nitro groups is 1. The lowest BCUT2D eigenvalue weighted by Crippen LogP contribution is -2.45. The number of carbonyl (C=O) groups is 2. The number of ether oxygens (including phenoxy) is 1. The summed E-state index contributed by atoms with van der Waals surface area (Å²) in [4.78, 5) is 34.1. The summed E-state index contributed by atoms with van der Waals surface area (Å²) in [5, 5.41) is 12.4. The van der Waals surface area contributed by atoms with Crippen LogP contribution in [-0.4, -0.2) is 29.6 Å². The van der Waals surface area contributed by atoms with Crippen LogP contribution in [0.4, 0.5) is 18.9 Å². The fraction of sp³-hybridized carbons (Fsp3) is 0.333. The van der Waals surface area contributed by atoms with E-state index >= 15 is 0 Å². The Morgan fingerprint density at radius 3 is 2.40 bits per heavy atom. The lowest BCUT2D eigenvalue weighted by Gasteiger charge is -2.29. The number of hydrogen-bond donors (Lipinski definition) is 1. The molecule has 1 aliphatic heterocycles. The molecule has 2 atom stereocenters. The molecule has 1 amide bonds. The van der Waals surface area contributed by atoms with Gasteiger partial charge < -0.3 is 10.1 Å². The first-order valence-corrected chi connectivity index (χ1v) is 7.16. The maximum Gasteiger partial charge on any atom is 0.431 e. The fourth-order valence-corrected chi connectivity index (χ4v) is 2.45. The summed E-state index contributed by atoms with van der Waals surface area (Å²) in [6.45, 7) is 1.45. The van der Waals surface area contributed by atoms with Gasteiger partial charge >= 0.3 is 12.1 Å². The van der Waals surface area contributed by atoms with Gasteiger partial charge in [0.1, 0.15) is 11.6 Å². The van der Waals surface area contributed by atoms with Crippen molar-refractivity contribution in [2.75, 3.05) is 6.61 Å². The number of rotatable bonds is 4. The Kier molecular flexibility index (Phi) is 5.10. The third kappa shape index (κ3) is 3.95. The second-order valence-corrected chi connectivity index (χ2v) is 5.17.